The predicted octanol–water partition coefficient (Wildman–Crippen LogP) is 4.01. The molecule has 2 aromatic carbocycles. The van der Waals surface area contributed by atoms with Gasteiger partial charge in [-0.15, -0.1) is 11.3 Å². The minimum atomic E-state index is -3.65. The first-order valence-electron chi connectivity index (χ1n) is 8.68. The number of aryl methyl sites for hydroxylation is 1. The highest BCUT2D eigenvalue weighted by molar-refractivity contribution is 7.91. The summed E-state index contributed by atoms with van der Waals surface area (Å²) in [6.45, 7) is 1.89. The summed E-state index contributed by atoms with van der Waals surface area (Å²) < 4.78 is 31.5. The van der Waals surface area contributed by atoms with Crippen LogP contribution in [0.4, 0.5) is 0 Å². The minimum absolute atomic E-state index is 0.0123. The minimum Gasteiger partial charge on any atom is -0.497 e. The fourth-order valence-electron chi connectivity index (χ4n) is 2.76. The summed E-state index contributed by atoms with van der Waals surface area (Å²) in [5.74, 6) is 0.318. The molecule has 0 aliphatic heterocycles. The van der Waals surface area contributed by atoms with Gasteiger partial charge in [0.05, 0.1) is 12.0 Å². The van der Waals surface area contributed by atoms with Crippen molar-refractivity contribution in [1.29, 1.82) is 0 Å². The Kier molecular flexibility index (Phi) is 6.16. The average molecular weight is 416 g/mol. The number of carbonyl (C=O) groups is 1. The molecule has 0 spiro atoms. The van der Waals surface area contributed by atoms with Gasteiger partial charge in [-0.3, -0.25) is 4.79 Å². The lowest BCUT2D eigenvalue weighted by Crippen LogP contribution is -2.31. The lowest BCUT2D eigenvalue weighted by Gasteiger charge is -2.18. The maximum absolute atomic E-state index is 13.2. The molecule has 0 fully saturated rings. The van der Waals surface area contributed by atoms with E-state index in [0.29, 0.717) is 16.2 Å². The van der Waals surface area contributed by atoms with Gasteiger partial charge in [-0.2, -0.15) is 0 Å². The van der Waals surface area contributed by atoms with Gasteiger partial charge in [0, 0.05) is 17.0 Å². The van der Waals surface area contributed by atoms with Crippen LogP contribution in [0.25, 0.3) is 0 Å². The predicted molar refractivity (Wildman–Crippen MR) is 111 cm³/mol. The van der Waals surface area contributed by atoms with Crippen LogP contribution in [-0.2, 0) is 9.84 Å². The van der Waals surface area contributed by atoms with Crippen LogP contribution in [0.2, 0.25) is 0 Å². The van der Waals surface area contributed by atoms with Gasteiger partial charge in [-0.05, 0) is 54.8 Å². The molecule has 28 heavy (non-hydrogen) atoms. The molecule has 3 rings (SSSR count). The zero-order valence-corrected chi connectivity index (χ0v) is 17.2. The van der Waals surface area contributed by atoms with Crippen molar-refractivity contribution in [1.82, 2.24) is 5.32 Å². The van der Waals surface area contributed by atoms with E-state index in [1.807, 2.05) is 18.4 Å². The first-order chi connectivity index (χ1) is 13.4. The Labute approximate surface area is 168 Å². The highest BCUT2D eigenvalue weighted by Crippen LogP contribution is 2.31. The molecule has 1 atom stereocenters. The van der Waals surface area contributed by atoms with Crippen molar-refractivity contribution in [3.8, 4) is 5.75 Å². The number of thiophene rings is 1. The van der Waals surface area contributed by atoms with Gasteiger partial charge in [-0.1, -0.05) is 23.8 Å². The molecule has 0 saturated carbocycles. The Morgan fingerprint density at radius 1 is 1.07 bits per heavy atom. The zero-order valence-electron chi connectivity index (χ0n) is 15.6. The monoisotopic (exact) mass is 415 g/mol. The van der Waals surface area contributed by atoms with Crippen LogP contribution in [0.3, 0.4) is 0 Å². The molecule has 5 nitrogen and oxygen atoms in total. The summed E-state index contributed by atoms with van der Waals surface area (Å²) >= 11 is 1.36. The third-order valence-electron chi connectivity index (χ3n) is 4.38. The number of sulfone groups is 1. The summed E-state index contributed by atoms with van der Waals surface area (Å²) in [7, 11) is -2.10. The molecule has 146 valence electrons. The molecule has 3 aromatic rings. The van der Waals surface area contributed by atoms with Crippen molar-refractivity contribution in [3.63, 3.8) is 0 Å². The zero-order chi connectivity index (χ0) is 20.1. The maximum atomic E-state index is 13.2. The van der Waals surface area contributed by atoms with Crippen molar-refractivity contribution in [2.24, 2.45) is 0 Å². The van der Waals surface area contributed by atoms with Gasteiger partial charge in [0.1, 0.15) is 11.0 Å². The van der Waals surface area contributed by atoms with Crippen LogP contribution < -0.4 is 10.1 Å². The van der Waals surface area contributed by atoms with E-state index in [9.17, 15) is 13.2 Å². The van der Waals surface area contributed by atoms with Crippen LogP contribution >= 0.6 is 11.3 Å². The number of methoxy groups -OCH3 is 1. The van der Waals surface area contributed by atoms with Gasteiger partial charge in [0.25, 0.3) is 5.91 Å². The molecule has 1 N–H and O–H groups in total. The lowest BCUT2D eigenvalue weighted by atomic mass is 10.2. The number of rotatable bonds is 7. The number of amides is 1. The summed E-state index contributed by atoms with van der Waals surface area (Å²) in [5, 5.41) is 3.74. The second-order valence-corrected chi connectivity index (χ2v) is 9.41. The Bertz CT molecular complexity index is 1030. The summed E-state index contributed by atoms with van der Waals surface area (Å²) in [6.07, 6.45) is 0. The quantitative estimate of drug-likeness (QED) is 0.633. The first kappa shape index (κ1) is 20.1. The molecule has 0 aliphatic carbocycles. The molecular weight excluding hydrogens is 394 g/mol. The van der Waals surface area contributed by atoms with Gasteiger partial charge in [-0.25, -0.2) is 8.42 Å². The Morgan fingerprint density at radius 2 is 1.75 bits per heavy atom. The van der Waals surface area contributed by atoms with Crippen molar-refractivity contribution in [2.45, 2.75) is 17.1 Å². The van der Waals surface area contributed by atoms with E-state index < -0.39 is 15.1 Å². The highest BCUT2D eigenvalue weighted by Gasteiger charge is 2.30. The van der Waals surface area contributed by atoms with Crippen LogP contribution in [0.1, 0.15) is 26.0 Å². The van der Waals surface area contributed by atoms with E-state index in [-0.39, 0.29) is 17.3 Å². The molecule has 1 aromatic heterocycles. The number of benzene rings is 2. The molecule has 0 saturated heterocycles. The average Bonchev–Trinajstić information content (AvgIpc) is 3.22. The van der Waals surface area contributed by atoms with Crippen LogP contribution in [0.5, 0.6) is 5.75 Å². The number of hydrogen-bond donors (Lipinski definition) is 1. The van der Waals surface area contributed by atoms with Gasteiger partial charge >= 0.3 is 0 Å². The highest BCUT2D eigenvalue weighted by atomic mass is 32.2. The second kappa shape index (κ2) is 8.58. The first-order valence-corrected chi connectivity index (χ1v) is 11.1. The fraction of sp³-hybridized carbons (Fsp3) is 0.190. The number of carbonyl (C=O) groups excluding carboxylic acids is 1. The van der Waals surface area contributed by atoms with Crippen molar-refractivity contribution >= 4 is 27.1 Å². The Morgan fingerprint density at radius 3 is 2.32 bits per heavy atom. The molecule has 0 aliphatic rings. The number of ether oxygens (including phenoxy) is 1. The summed E-state index contributed by atoms with van der Waals surface area (Å²) in [6, 6.07) is 17.0. The third-order valence-corrected chi connectivity index (χ3v) is 7.62. The van der Waals surface area contributed by atoms with E-state index in [1.54, 1.807) is 61.7 Å². The molecule has 1 amide bonds. The smallest absolute Gasteiger partial charge is 0.251 e. The second-order valence-electron chi connectivity index (χ2n) is 6.30. The van der Waals surface area contributed by atoms with Gasteiger partial charge < -0.3 is 10.1 Å². The van der Waals surface area contributed by atoms with E-state index in [0.717, 1.165) is 5.56 Å². The Balaban J connectivity index is 1.83. The van der Waals surface area contributed by atoms with Crippen molar-refractivity contribution in [3.05, 3.63) is 82.0 Å². The third kappa shape index (κ3) is 4.43. The van der Waals surface area contributed by atoms with Crippen LogP contribution in [0, 0.1) is 6.92 Å². The SMILES string of the molecule is COc1ccc(C(=O)NCC(c2cccs2)S(=O)(=O)c2ccc(C)cc2)cc1. The fourth-order valence-corrected chi connectivity index (χ4v) is 5.54. The lowest BCUT2D eigenvalue weighted by molar-refractivity contribution is 0.0953. The molecule has 0 radical (unpaired) electrons. The van der Waals surface area contributed by atoms with E-state index in [2.05, 4.69) is 5.32 Å². The van der Waals surface area contributed by atoms with Gasteiger partial charge in [0.2, 0.25) is 0 Å². The van der Waals surface area contributed by atoms with Crippen molar-refractivity contribution in [2.75, 3.05) is 13.7 Å². The van der Waals surface area contributed by atoms with E-state index in [1.165, 1.54) is 11.3 Å². The largest absolute Gasteiger partial charge is 0.497 e. The van der Waals surface area contributed by atoms with Gasteiger partial charge in [0.15, 0.2) is 9.84 Å². The summed E-state index contributed by atoms with van der Waals surface area (Å²) in [5.41, 5.74) is 1.43. The molecule has 1 unspecified atom stereocenters. The maximum Gasteiger partial charge on any atom is 0.251 e. The molecule has 0 bridgehead atoms. The molecule has 1 heterocycles. The standard InChI is InChI=1S/C21H21NO4S2/c1-15-5-11-18(12-6-15)28(24,25)20(19-4-3-13-27-19)14-22-21(23)16-7-9-17(26-2)10-8-16/h3-13,20H,14H2,1-2H3,(H,22,23). The van der Waals surface area contributed by atoms with Crippen molar-refractivity contribution < 1.29 is 17.9 Å². The van der Waals surface area contributed by atoms with Crippen LogP contribution in [0.15, 0.2) is 70.9 Å². The molecule has 7 heteroatoms. The Hall–Kier alpha value is -2.64. The molecular formula is C21H21NO4S2. The normalized spacial score (nSPS) is 12.4. The number of nitrogens with one attached hydrogen (secondary N) is 1. The van der Waals surface area contributed by atoms with E-state index in [4.69, 9.17) is 4.74 Å². The number of hydrogen-bond acceptors (Lipinski definition) is 5. The van der Waals surface area contributed by atoms with Crippen LogP contribution in [-0.4, -0.2) is 28.0 Å². The van der Waals surface area contributed by atoms with E-state index >= 15 is 0 Å². The summed E-state index contributed by atoms with van der Waals surface area (Å²) in [4.78, 5) is 13.4. The topological polar surface area (TPSA) is 72.5 Å².